The molecule has 1 rings (SSSR count). The predicted octanol–water partition coefficient (Wildman–Crippen LogP) is 1.93. The van der Waals surface area contributed by atoms with Crippen LogP contribution in [0.25, 0.3) is 0 Å². The van der Waals surface area contributed by atoms with Crippen molar-refractivity contribution in [2.24, 2.45) is 23.5 Å². The lowest BCUT2D eigenvalue weighted by Crippen LogP contribution is -2.41. The molecule has 4 atom stereocenters. The van der Waals surface area contributed by atoms with Crippen LogP contribution in [0.15, 0.2) is 0 Å². The lowest BCUT2D eigenvalue weighted by atomic mass is 9.75. The number of nitrogens with one attached hydrogen (secondary N) is 1. The van der Waals surface area contributed by atoms with Crippen molar-refractivity contribution < 1.29 is 9.53 Å². The first kappa shape index (κ1) is 16.4. The van der Waals surface area contributed by atoms with Crippen molar-refractivity contribution in [3.05, 3.63) is 0 Å². The van der Waals surface area contributed by atoms with Crippen LogP contribution in [-0.2, 0) is 9.53 Å². The van der Waals surface area contributed by atoms with Crippen LogP contribution in [0.5, 0.6) is 0 Å². The molecule has 1 aliphatic rings. The van der Waals surface area contributed by atoms with Crippen molar-refractivity contribution in [2.75, 3.05) is 13.7 Å². The minimum atomic E-state index is -0.302. The topological polar surface area (TPSA) is 64.3 Å². The summed E-state index contributed by atoms with van der Waals surface area (Å²) in [5.41, 5.74) is 5.31. The summed E-state index contributed by atoms with van der Waals surface area (Å²) in [5, 5.41) is 2.93. The normalized spacial score (nSPS) is 29.4. The predicted molar refractivity (Wildman–Crippen MR) is 77.7 cm³/mol. The van der Waals surface area contributed by atoms with Gasteiger partial charge in [-0.3, -0.25) is 4.79 Å². The molecule has 0 radical (unpaired) electrons. The molecule has 0 aliphatic heterocycles. The molecule has 0 spiro atoms. The van der Waals surface area contributed by atoms with Gasteiger partial charge in [-0.2, -0.15) is 0 Å². The molecule has 1 fully saturated rings. The molecule has 3 N–H and O–H groups in total. The number of likely N-dealkylation sites (N-methyl/N-ethyl adjacent to an activating group) is 1. The van der Waals surface area contributed by atoms with Gasteiger partial charge in [0.05, 0.1) is 12.1 Å². The molecule has 4 unspecified atom stereocenters. The Balaban J connectivity index is 2.42. The van der Waals surface area contributed by atoms with Crippen LogP contribution in [0, 0.1) is 17.8 Å². The second-order valence-corrected chi connectivity index (χ2v) is 6.27. The van der Waals surface area contributed by atoms with E-state index in [0.29, 0.717) is 31.0 Å². The van der Waals surface area contributed by atoms with E-state index in [-0.39, 0.29) is 11.9 Å². The van der Waals surface area contributed by atoms with E-state index >= 15 is 0 Å². The Morgan fingerprint density at radius 3 is 2.63 bits per heavy atom. The lowest BCUT2D eigenvalue weighted by Gasteiger charge is -2.37. The minimum absolute atomic E-state index is 0.279. The van der Waals surface area contributed by atoms with Gasteiger partial charge in [-0.15, -0.1) is 0 Å². The molecule has 0 aromatic heterocycles. The van der Waals surface area contributed by atoms with E-state index in [9.17, 15) is 4.79 Å². The smallest absolute Gasteiger partial charge is 0.234 e. The van der Waals surface area contributed by atoms with E-state index in [2.05, 4.69) is 26.1 Å². The van der Waals surface area contributed by atoms with Gasteiger partial charge in [0.2, 0.25) is 5.91 Å². The number of primary amides is 1. The second kappa shape index (κ2) is 7.85. The van der Waals surface area contributed by atoms with E-state index in [1.807, 2.05) is 0 Å². The van der Waals surface area contributed by atoms with Crippen molar-refractivity contribution in [3.8, 4) is 0 Å². The highest BCUT2D eigenvalue weighted by atomic mass is 16.5. The fourth-order valence-electron chi connectivity index (χ4n) is 3.07. The van der Waals surface area contributed by atoms with Crippen LogP contribution < -0.4 is 11.1 Å². The third kappa shape index (κ3) is 5.11. The molecule has 0 aromatic carbocycles. The van der Waals surface area contributed by atoms with Crippen molar-refractivity contribution >= 4 is 5.91 Å². The molecule has 0 aromatic rings. The number of ether oxygens (including phenoxy) is 1. The molecular weight excluding hydrogens is 240 g/mol. The van der Waals surface area contributed by atoms with E-state index in [1.54, 1.807) is 7.05 Å². The number of nitrogens with two attached hydrogens (primary N) is 1. The molecule has 19 heavy (non-hydrogen) atoms. The SMILES string of the molecule is CNC(CCOC1CC(C)CCC1C(C)C)C(N)=O. The van der Waals surface area contributed by atoms with Gasteiger partial charge in [0.25, 0.3) is 0 Å². The highest BCUT2D eigenvalue weighted by Crippen LogP contribution is 2.35. The summed E-state index contributed by atoms with van der Waals surface area (Å²) >= 11 is 0. The van der Waals surface area contributed by atoms with Crippen molar-refractivity contribution in [3.63, 3.8) is 0 Å². The van der Waals surface area contributed by atoms with Crippen LogP contribution in [0.2, 0.25) is 0 Å². The molecule has 1 amide bonds. The molecule has 1 aliphatic carbocycles. The Kier molecular flexibility index (Phi) is 6.80. The third-order valence-electron chi connectivity index (χ3n) is 4.39. The fourth-order valence-corrected chi connectivity index (χ4v) is 3.07. The number of carbonyl (C=O) groups is 1. The van der Waals surface area contributed by atoms with E-state index < -0.39 is 0 Å². The average Bonchev–Trinajstić information content (AvgIpc) is 2.33. The Hall–Kier alpha value is -0.610. The van der Waals surface area contributed by atoms with Crippen LogP contribution in [0.3, 0.4) is 0 Å². The number of hydrogen-bond acceptors (Lipinski definition) is 3. The summed E-state index contributed by atoms with van der Waals surface area (Å²) in [6, 6.07) is -0.279. The maximum absolute atomic E-state index is 11.1. The van der Waals surface area contributed by atoms with Gasteiger partial charge in [0, 0.05) is 6.61 Å². The van der Waals surface area contributed by atoms with Crippen LogP contribution in [-0.4, -0.2) is 31.7 Å². The Labute approximate surface area is 117 Å². The van der Waals surface area contributed by atoms with Gasteiger partial charge in [-0.25, -0.2) is 0 Å². The molecule has 1 saturated carbocycles. The van der Waals surface area contributed by atoms with Crippen LogP contribution in [0.1, 0.15) is 46.5 Å². The molecule has 4 nitrogen and oxygen atoms in total. The monoisotopic (exact) mass is 270 g/mol. The number of amides is 1. The molecule has 0 saturated heterocycles. The first-order valence-electron chi connectivity index (χ1n) is 7.53. The molecule has 4 heteroatoms. The Morgan fingerprint density at radius 1 is 1.42 bits per heavy atom. The van der Waals surface area contributed by atoms with Crippen molar-refractivity contribution in [1.82, 2.24) is 5.32 Å². The fraction of sp³-hybridized carbons (Fsp3) is 0.933. The van der Waals surface area contributed by atoms with Gasteiger partial charge in [-0.1, -0.05) is 27.2 Å². The zero-order valence-corrected chi connectivity index (χ0v) is 12.8. The summed E-state index contributed by atoms with van der Waals surface area (Å²) in [7, 11) is 1.76. The summed E-state index contributed by atoms with van der Waals surface area (Å²) in [4.78, 5) is 11.1. The van der Waals surface area contributed by atoms with Gasteiger partial charge in [-0.05, 0) is 44.1 Å². The third-order valence-corrected chi connectivity index (χ3v) is 4.39. The lowest BCUT2D eigenvalue weighted by molar-refractivity contribution is -0.120. The molecule has 0 heterocycles. The molecular formula is C15H30N2O2. The molecule has 0 bridgehead atoms. The zero-order valence-electron chi connectivity index (χ0n) is 12.8. The average molecular weight is 270 g/mol. The largest absolute Gasteiger partial charge is 0.378 e. The van der Waals surface area contributed by atoms with Gasteiger partial charge < -0.3 is 15.8 Å². The summed E-state index contributed by atoms with van der Waals surface area (Å²) in [6.45, 7) is 7.45. The standard InChI is InChI=1S/C15H30N2O2/c1-10(2)12-6-5-11(3)9-14(12)19-8-7-13(17-4)15(16)18/h10-14,17H,5-9H2,1-4H3,(H2,16,18). The first-order valence-corrected chi connectivity index (χ1v) is 7.53. The Bertz CT molecular complexity index is 281. The van der Waals surface area contributed by atoms with E-state index in [1.165, 1.54) is 12.8 Å². The van der Waals surface area contributed by atoms with Gasteiger partial charge >= 0.3 is 0 Å². The first-order chi connectivity index (χ1) is 8.95. The highest BCUT2D eigenvalue weighted by Gasteiger charge is 2.31. The van der Waals surface area contributed by atoms with E-state index in [4.69, 9.17) is 10.5 Å². The highest BCUT2D eigenvalue weighted by molar-refractivity contribution is 5.79. The molecule has 112 valence electrons. The van der Waals surface area contributed by atoms with Gasteiger partial charge in [0.15, 0.2) is 0 Å². The summed E-state index contributed by atoms with van der Waals surface area (Å²) in [5.74, 6) is 1.76. The van der Waals surface area contributed by atoms with Crippen molar-refractivity contribution in [1.29, 1.82) is 0 Å². The maximum Gasteiger partial charge on any atom is 0.234 e. The Morgan fingerprint density at radius 2 is 2.11 bits per heavy atom. The number of rotatable bonds is 7. The quantitative estimate of drug-likeness (QED) is 0.743. The number of carbonyl (C=O) groups excluding carboxylic acids is 1. The minimum Gasteiger partial charge on any atom is -0.378 e. The number of hydrogen-bond donors (Lipinski definition) is 2. The zero-order chi connectivity index (χ0) is 14.4. The maximum atomic E-state index is 11.1. The van der Waals surface area contributed by atoms with Crippen molar-refractivity contribution in [2.45, 2.75) is 58.6 Å². The van der Waals surface area contributed by atoms with E-state index in [0.717, 1.165) is 12.3 Å². The second-order valence-electron chi connectivity index (χ2n) is 6.27. The van der Waals surface area contributed by atoms with Gasteiger partial charge in [0.1, 0.15) is 0 Å². The van der Waals surface area contributed by atoms with Crippen LogP contribution in [0.4, 0.5) is 0 Å². The summed E-state index contributed by atoms with van der Waals surface area (Å²) < 4.78 is 6.06. The summed E-state index contributed by atoms with van der Waals surface area (Å²) in [6.07, 6.45) is 4.71. The van der Waals surface area contributed by atoms with Crippen LogP contribution >= 0.6 is 0 Å².